The van der Waals surface area contributed by atoms with Gasteiger partial charge in [0.25, 0.3) is 5.91 Å². The molecule has 2 fully saturated rings. The molecule has 2 aromatic carbocycles. The SMILES string of the molecule is CC(C)(C)S(=O)(=O)CC(C1CC1)N1C(=O)[C@@](C)(CC#N)O[C@H](c2cccc(Cl)c2)[C@H]1c1ccc(Cl)c(F)c1. The number of nitrogens with zero attached hydrogens (tertiary/aromatic N) is 2. The Bertz CT molecular complexity index is 1380. The summed E-state index contributed by atoms with van der Waals surface area (Å²) in [6, 6.07) is 11.7. The summed E-state index contributed by atoms with van der Waals surface area (Å²) < 4.78 is 47.1. The minimum atomic E-state index is -3.65. The fourth-order valence-corrected chi connectivity index (χ4v) is 6.63. The zero-order valence-electron chi connectivity index (χ0n) is 21.7. The summed E-state index contributed by atoms with van der Waals surface area (Å²) in [6.45, 7) is 6.44. The van der Waals surface area contributed by atoms with Gasteiger partial charge in [0.05, 0.1) is 34.1 Å². The number of rotatable bonds is 7. The smallest absolute Gasteiger partial charge is 0.256 e. The predicted molar refractivity (Wildman–Crippen MR) is 145 cm³/mol. The van der Waals surface area contributed by atoms with E-state index in [0.717, 1.165) is 12.8 Å². The lowest BCUT2D eigenvalue weighted by molar-refractivity contribution is -0.201. The van der Waals surface area contributed by atoms with Crippen LogP contribution in [0.2, 0.25) is 10.0 Å². The Balaban J connectivity index is 1.96. The van der Waals surface area contributed by atoms with Gasteiger partial charge in [-0.2, -0.15) is 5.26 Å². The molecule has 1 amide bonds. The maximum atomic E-state index is 14.8. The number of amides is 1. The van der Waals surface area contributed by atoms with Crippen molar-refractivity contribution in [3.63, 3.8) is 0 Å². The highest BCUT2D eigenvalue weighted by Gasteiger charge is 2.56. The van der Waals surface area contributed by atoms with E-state index in [1.165, 1.54) is 12.1 Å². The number of carbonyl (C=O) groups is 1. The van der Waals surface area contributed by atoms with Crippen LogP contribution in [0.15, 0.2) is 42.5 Å². The molecule has 0 bridgehead atoms. The molecule has 1 aliphatic carbocycles. The second-order valence-electron chi connectivity index (χ2n) is 11.3. The van der Waals surface area contributed by atoms with Crippen LogP contribution in [0.5, 0.6) is 0 Å². The summed E-state index contributed by atoms with van der Waals surface area (Å²) in [7, 11) is -3.65. The lowest BCUT2D eigenvalue weighted by atomic mass is 9.86. The van der Waals surface area contributed by atoms with Gasteiger partial charge in [0.15, 0.2) is 15.4 Å². The summed E-state index contributed by atoms with van der Waals surface area (Å²) in [5.74, 6) is -1.49. The van der Waals surface area contributed by atoms with E-state index in [-0.39, 0.29) is 23.1 Å². The third kappa shape index (κ3) is 5.58. The van der Waals surface area contributed by atoms with E-state index in [4.69, 9.17) is 27.9 Å². The zero-order valence-corrected chi connectivity index (χ0v) is 24.1. The lowest BCUT2D eigenvalue weighted by Crippen LogP contribution is -2.62. The summed E-state index contributed by atoms with van der Waals surface area (Å²) in [4.78, 5) is 15.8. The Kier molecular flexibility index (Phi) is 7.90. The highest BCUT2D eigenvalue weighted by molar-refractivity contribution is 7.92. The summed E-state index contributed by atoms with van der Waals surface area (Å²) in [5, 5.41) is 9.97. The number of halogens is 3. The first-order valence-corrected chi connectivity index (χ1v) is 14.9. The molecule has 6 nitrogen and oxygen atoms in total. The summed E-state index contributed by atoms with van der Waals surface area (Å²) in [5.41, 5.74) is -0.530. The average molecular weight is 582 g/mol. The van der Waals surface area contributed by atoms with Crippen molar-refractivity contribution < 1.29 is 22.3 Å². The van der Waals surface area contributed by atoms with Gasteiger partial charge >= 0.3 is 0 Å². The van der Waals surface area contributed by atoms with Crippen molar-refractivity contribution in [2.24, 2.45) is 5.92 Å². The molecule has 2 aliphatic rings. The van der Waals surface area contributed by atoms with Crippen molar-refractivity contribution in [2.45, 2.75) is 75.5 Å². The van der Waals surface area contributed by atoms with Crippen molar-refractivity contribution in [1.29, 1.82) is 5.26 Å². The Morgan fingerprint density at radius 3 is 2.42 bits per heavy atom. The highest BCUT2D eigenvalue weighted by atomic mass is 35.5. The molecule has 2 aromatic rings. The van der Waals surface area contributed by atoms with E-state index in [9.17, 15) is 22.9 Å². The maximum Gasteiger partial charge on any atom is 0.256 e. The number of nitriles is 1. The van der Waals surface area contributed by atoms with E-state index in [2.05, 4.69) is 0 Å². The number of hydrogen-bond donors (Lipinski definition) is 0. The quantitative estimate of drug-likeness (QED) is 0.376. The first kappa shape index (κ1) is 28.8. The number of sulfone groups is 1. The first-order valence-electron chi connectivity index (χ1n) is 12.5. The highest BCUT2D eigenvalue weighted by Crippen LogP contribution is 2.51. The average Bonchev–Trinajstić information content (AvgIpc) is 3.66. The Hall–Kier alpha value is -2.18. The number of benzene rings is 2. The third-order valence-electron chi connectivity index (χ3n) is 7.39. The van der Waals surface area contributed by atoms with Gasteiger partial charge in [-0.1, -0.05) is 41.4 Å². The Morgan fingerprint density at radius 1 is 1.18 bits per heavy atom. The van der Waals surface area contributed by atoms with Crippen molar-refractivity contribution in [3.05, 3.63) is 69.5 Å². The van der Waals surface area contributed by atoms with Crippen LogP contribution in [-0.4, -0.2) is 41.4 Å². The first-order chi connectivity index (χ1) is 17.7. The van der Waals surface area contributed by atoms with Crippen LogP contribution < -0.4 is 0 Å². The van der Waals surface area contributed by atoms with Crippen LogP contribution in [0.1, 0.15) is 70.2 Å². The minimum Gasteiger partial charge on any atom is -0.354 e. The molecule has 1 aliphatic heterocycles. The molecule has 10 heteroatoms. The minimum absolute atomic E-state index is 0.0554. The number of hydrogen-bond acceptors (Lipinski definition) is 5. The molecule has 0 radical (unpaired) electrons. The van der Waals surface area contributed by atoms with Gasteiger partial charge in [-0.25, -0.2) is 12.8 Å². The predicted octanol–water partition coefficient (Wildman–Crippen LogP) is 6.44. The van der Waals surface area contributed by atoms with Crippen molar-refractivity contribution in [1.82, 2.24) is 4.90 Å². The van der Waals surface area contributed by atoms with E-state index < -0.39 is 50.1 Å². The van der Waals surface area contributed by atoms with Crippen LogP contribution in [0.4, 0.5) is 4.39 Å². The van der Waals surface area contributed by atoms with Crippen LogP contribution in [-0.2, 0) is 19.4 Å². The number of carbonyl (C=O) groups excluding carboxylic acids is 1. The van der Waals surface area contributed by atoms with Crippen LogP contribution >= 0.6 is 23.2 Å². The molecule has 1 saturated carbocycles. The van der Waals surface area contributed by atoms with Gasteiger partial charge in [-0.15, -0.1) is 0 Å². The third-order valence-corrected chi connectivity index (χ3v) is 10.6. The summed E-state index contributed by atoms with van der Waals surface area (Å²) >= 11 is 12.3. The van der Waals surface area contributed by atoms with E-state index in [1.54, 1.807) is 62.9 Å². The molecule has 4 atom stereocenters. The fourth-order valence-electron chi connectivity index (χ4n) is 4.93. The fraction of sp³-hybridized carbons (Fsp3) is 0.500. The zero-order chi connectivity index (χ0) is 28.0. The number of morpholine rings is 1. The standard InChI is InChI=1S/C28H31Cl2FN2O4S/c1-27(2,3)38(35,36)16-23(17-8-9-17)33-24(18-10-11-21(30)22(31)15-18)25(19-6-5-7-20(29)14-19)37-28(4,12-13-32)26(33)34/h5-7,10-11,14-15,17,23-25H,8-9,12,16H2,1-4H3/t23?,24-,25-,28-/m1/s1. The second kappa shape index (κ2) is 10.4. The second-order valence-corrected chi connectivity index (χ2v) is 14.9. The van der Waals surface area contributed by atoms with Gasteiger partial charge in [-0.05, 0) is 81.8 Å². The largest absolute Gasteiger partial charge is 0.354 e. The molecule has 4 rings (SSSR count). The number of ether oxygens (including phenoxy) is 1. The molecular formula is C28H31Cl2FN2O4S. The van der Waals surface area contributed by atoms with Crippen LogP contribution in [0.25, 0.3) is 0 Å². The van der Waals surface area contributed by atoms with Crippen molar-refractivity contribution in [2.75, 3.05) is 5.75 Å². The molecule has 204 valence electrons. The van der Waals surface area contributed by atoms with Crippen LogP contribution in [0.3, 0.4) is 0 Å². The van der Waals surface area contributed by atoms with E-state index in [0.29, 0.717) is 16.1 Å². The maximum absolute atomic E-state index is 14.8. The summed E-state index contributed by atoms with van der Waals surface area (Å²) in [6.07, 6.45) is 0.412. The van der Waals surface area contributed by atoms with Gasteiger partial charge in [0, 0.05) is 11.1 Å². The van der Waals surface area contributed by atoms with Gasteiger partial charge in [-0.3, -0.25) is 4.79 Å². The Labute approximate surface area is 233 Å². The van der Waals surface area contributed by atoms with Gasteiger partial charge < -0.3 is 9.64 Å². The topological polar surface area (TPSA) is 87.5 Å². The monoisotopic (exact) mass is 580 g/mol. The van der Waals surface area contributed by atoms with E-state index in [1.807, 2.05) is 6.07 Å². The van der Waals surface area contributed by atoms with Crippen molar-refractivity contribution in [3.8, 4) is 6.07 Å². The van der Waals surface area contributed by atoms with Gasteiger partial charge in [0.1, 0.15) is 11.9 Å². The molecule has 0 spiro atoms. The molecule has 0 N–H and O–H groups in total. The molecule has 1 unspecified atom stereocenters. The van der Waals surface area contributed by atoms with Gasteiger partial charge in [0.2, 0.25) is 0 Å². The molecule has 38 heavy (non-hydrogen) atoms. The Morgan fingerprint density at radius 2 is 1.87 bits per heavy atom. The normalized spacial score (nSPS) is 25.2. The molecular weight excluding hydrogens is 550 g/mol. The molecule has 1 heterocycles. The molecule has 0 aromatic heterocycles. The molecule has 1 saturated heterocycles. The van der Waals surface area contributed by atoms with Crippen molar-refractivity contribution >= 4 is 38.9 Å². The lowest BCUT2D eigenvalue weighted by Gasteiger charge is -2.51. The van der Waals surface area contributed by atoms with Crippen LogP contribution in [0, 0.1) is 23.1 Å². The van der Waals surface area contributed by atoms with E-state index >= 15 is 0 Å².